The highest BCUT2D eigenvalue weighted by Gasteiger charge is 2.21. The lowest BCUT2D eigenvalue weighted by Gasteiger charge is -2.29. The molecule has 0 amide bonds. The minimum Gasteiger partial charge on any atom is -0.370 e. The Hall–Kier alpha value is -0.970. The average Bonchev–Trinajstić information content (AvgIpc) is 2.49. The van der Waals surface area contributed by atoms with Crippen molar-refractivity contribution in [3.05, 3.63) is 11.9 Å². The Morgan fingerprint density at radius 2 is 1.85 bits per heavy atom. The molecule has 1 fully saturated rings. The first kappa shape index (κ1) is 15.4. The maximum absolute atomic E-state index is 4.46. The smallest absolute Gasteiger partial charge is 0.134 e. The van der Waals surface area contributed by atoms with Gasteiger partial charge in [-0.3, -0.25) is 0 Å². The molecule has 0 aliphatic heterocycles. The summed E-state index contributed by atoms with van der Waals surface area (Å²) in [6.45, 7) is 5.15. The summed E-state index contributed by atoms with van der Waals surface area (Å²) in [7, 11) is 0. The Morgan fingerprint density at radius 3 is 2.45 bits per heavy atom. The van der Waals surface area contributed by atoms with Crippen LogP contribution in [-0.2, 0) is 6.42 Å². The zero-order valence-corrected chi connectivity index (χ0v) is 13.6. The largest absolute Gasteiger partial charge is 0.370 e. The number of thioether (sulfide) groups is 1. The van der Waals surface area contributed by atoms with Crippen LogP contribution in [0, 0.1) is 0 Å². The van der Waals surface area contributed by atoms with E-state index in [1.165, 1.54) is 31.2 Å². The van der Waals surface area contributed by atoms with Gasteiger partial charge in [-0.2, -0.15) is 11.8 Å². The molecule has 0 saturated heterocycles. The van der Waals surface area contributed by atoms with E-state index in [1.807, 2.05) is 11.8 Å². The number of nitrogens with one attached hydrogen (secondary N) is 2. The summed E-state index contributed by atoms with van der Waals surface area (Å²) in [5.41, 5.74) is 1.21. The summed E-state index contributed by atoms with van der Waals surface area (Å²) in [5, 5.41) is 7.82. The summed E-state index contributed by atoms with van der Waals surface area (Å²) >= 11 is 2.01. The van der Waals surface area contributed by atoms with E-state index in [9.17, 15) is 0 Å². The number of hydrogen-bond acceptors (Lipinski definition) is 5. The molecule has 2 rings (SSSR count). The number of anilines is 2. The molecule has 0 atom stereocenters. The van der Waals surface area contributed by atoms with E-state index in [2.05, 4.69) is 40.7 Å². The second-order valence-electron chi connectivity index (χ2n) is 5.29. The van der Waals surface area contributed by atoms with Crippen LogP contribution in [0.5, 0.6) is 0 Å². The lowest BCUT2D eigenvalue weighted by atomic mass is 9.95. The minimum absolute atomic E-state index is 0.563. The molecule has 1 aromatic rings. The van der Waals surface area contributed by atoms with E-state index < -0.39 is 0 Å². The standard InChI is InChI=1S/C15H26N4S/c1-4-13-14(16-5-2)17-10-18-15(13)19-11-6-8-12(20-3)9-7-11/h10-12H,4-9H2,1-3H3,(H2,16,17,18,19). The van der Waals surface area contributed by atoms with Gasteiger partial charge in [0, 0.05) is 23.4 Å². The lowest BCUT2D eigenvalue weighted by Crippen LogP contribution is -2.28. The SMILES string of the molecule is CCNc1ncnc(NC2CCC(SC)CC2)c1CC. The molecular formula is C15H26N4S. The normalized spacial score (nSPS) is 22.6. The fourth-order valence-electron chi connectivity index (χ4n) is 2.83. The van der Waals surface area contributed by atoms with Crippen LogP contribution in [-0.4, -0.2) is 34.1 Å². The molecule has 0 bridgehead atoms. The van der Waals surface area contributed by atoms with Crippen molar-refractivity contribution in [1.82, 2.24) is 9.97 Å². The van der Waals surface area contributed by atoms with Crippen molar-refractivity contribution < 1.29 is 0 Å². The summed E-state index contributed by atoms with van der Waals surface area (Å²) < 4.78 is 0. The monoisotopic (exact) mass is 294 g/mol. The van der Waals surface area contributed by atoms with E-state index in [0.29, 0.717) is 6.04 Å². The first-order valence-corrected chi connectivity index (χ1v) is 8.94. The van der Waals surface area contributed by atoms with Gasteiger partial charge in [-0.25, -0.2) is 9.97 Å². The van der Waals surface area contributed by atoms with Gasteiger partial charge < -0.3 is 10.6 Å². The van der Waals surface area contributed by atoms with Crippen molar-refractivity contribution >= 4 is 23.4 Å². The van der Waals surface area contributed by atoms with Gasteiger partial charge in [0.2, 0.25) is 0 Å². The van der Waals surface area contributed by atoms with Gasteiger partial charge in [-0.1, -0.05) is 6.92 Å². The van der Waals surface area contributed by atoms with Crippen LogP contribution in [0.3, 0.4) is 0 Å². The minimum atomic E-state index is 0.563. The maximum Gasteiger partial charge on any atom is 0.134 e. The molecule has 2 N–H and O–H groups in total. The van der Waals surface area contributed by atoms with Gasteiger partial charge in [-0.15, -0.1) is 0 Å². The Labute approximate surface area is 126 Å². The summed E-state index contributed by atoms with van der Waals surface area (Å²) in [6.07, 6.45) is 9.95. The molecule has 5 heteroatoms. The zero-order chi connectivity index (χ0) is 14.4. The van der Waals surface area contributed by atoms with Crippen LogP contribution < -0.4 is 10.6 Å². The van der Waals surface area contributed by atoms with E-state index in [4.69, 9.17) is 0 Å². The molecule has 0 unspecified atom stereocenters. The predicted molar refractivity (Wildman–Crippen MR) is 88.8 cm³/mol. The molecule has 1 saturated carbocycles. The highest BCUT2D eigenvalue weighted by Crippen LogP contribution is 2.29. The van der Waals surface area contributed by atoms with Crippen LogP contribution in [0.1, 0.15) is 45.1 Å². The third-order valence-corrected chi connectivity index (χ3v) is 5.13. The summed E-state index contributed by atoms with van der Waals surface area (Å²) in [5.74, 6) is 2.00. The molecule has 1 aliphatic carbocycles. The number of rotatable bonds is 6. The second kappa shape index (κ2) is 7.72. The van der Waals surface area contributed by atoms with Gasteiger partial charge in [0.25, 0.3) is 0 Å². The molecule has 0 radical (unpaired) electrons. The van der Waals surface area contributed by atoms with Crippen LogP contribution >= 0.6 is 11.8 Å². The Kier molecular flexibility index (Phi) is 5.95. The molecule has 112 valence electrons. The highest BCUT2D eigenvalue weighted by atomic mass is 32.2. The molecule has 1 heterocycles. The van der Waals surface area contributed by atoms with Gasteiger partial charge >= 0.3 is 0 Å². The number of nitrogens with zero attached hydrogens (tertiary/aromatic N) is 2. The molecule has 0 aromatic carbocycles. The van der Waals surface area contributed by atoms with Crippen LogP contribution in [0.2, 0.25) is 0 Å². The Balaban J connectivity index is 2.04. The zero-order valence-electron chi connectivity index (χ0n) is 12.8. The van der Waals surface area contributed by atoms with Crippen molar-refractivity contribution in [3.8, 4) is 0 Å². The van der Waals surface area contributed by atoms with Crippen molar-refractivity contribution in [2.24, 2.45) is 0 Å². The fourth-order valence-corrected chi connectivity index (χ4v) is 3.57. The van der Waals surface area contributed by atoms with Crippen LogP contribution in [0.4, 0.5) is 11.6 Å². The third-order valence-electron chi connectivity index (χ3n) is 3.99. The van der Waals surface area contributed by atoms with Crippen molar-refractivity contribution in [3.63, 3.8) is 0 Å². The topological polar surface area (TPSA) is 49.8 Å². The Bertz CT molecular complexity index is 416. The molecule has 0 spiro atoms. The van der Waals surface area contributed by atoms with Crippen molar-refractivity contribution in [2.75, 3.05) is 23.4 Å². The average molecular weight is 294 g/mol. The molecule has 1 aromatic heterocycles. The fraction of sp³-hybridized carbons (Fsp3) is 0.733. The van der Waals surface area contributed by atoms with Gasteiger partial charge in [0.15, 0.2) is 0 Å². The van der Waals surface area contributed by atoms with Crippen molar-refractivity contribution in [1.29, 1.82) is 0 Å². The van der Waals surface area contributed by atoms with Crippen LogP contribution in [0.15, 0.2) is 6.33 Å². The highest BCUT2D eigenvalue weighted by molar-refractivity contribution is 7.99. The van der Waals surface area contributed by atoms with E-state index in [1.54, 1.807) is 6.33 Å². The van der Waals surface area contributed by atoms with Crippen LogP contribution in [0.25, 0.3) is 0 Å². The van der Waals surface area contributed by atoms with E-state index in [0.717, 1.165) is 29.9 Å². The first-order valence-electron chi connectivity index (χ1n) is 7.65. The third kappa shape index (κ3) is 3.78. The lowest BCUT2D eigenvalue weighted by molar-refractivity contribution is 0.472. The molecular weight excluding hydrogens is 268 g/mol. The van der Waals surface area contributed by atoms with Gasteiger partial charge in [-0.05, 0) is 45.3 Å². The molecule has 1 aliphatic rings. The second-order valence-corrected chi connectivity index (χ2v) is 6.43. The molecule has 4 nitrogen and oxygen atoms in total. The van der Waals surface area contributed by atoms with E-state index in [-0.39, 0.29) is 0 Å². The quantitative estimate of drug-likeness (QED) is 0.840. The molecule has 20 heavy (non-hydrogen) atoms. The Morgan fingerprint density at radius 1 is 1.15 bits per heavy atom. The number of aromatic nitrogens is 2. The number of hydrogen-bond donors (Lipinski definition) is 2. The summed E-state index contributed by atoms with van der Waals surface area (Å²) in [4.78, 5) is 8.81. The van der Waals surface area contributed by atoms with Gasteiger partial charge in [0.05, 0.1) is 0 Å². The van der Waals surface area contributed by atoms with E-state index >= 15 is 0 Å². The predicted octanol–water partition coefficient (Wildman–Crippen LogP) is 3.56. The maximum atomic E-state index is 4.46. The van der Waals surface area contributed by atoms with Gasteiger partial charge in [0.1, 0.15) is 18.0 Å². The first-order chi connectivity index (χ1) is 9.78. The van der Waals surface area contributed by atoms with Crippen molar-refractivity contribution in [2.45, 2.75) is 57.2 Å². The summed E-state index contributed by atoms with van der Waals surface area (Å²) in [6, 6.07) is 0.563.